The number of fused-ring (bicyclic) bond motifs is 7. The van der Waals surface area contributed by atoms with Gasteiger partial charge in [0, 0.05) is 33.5 Å². The molecule has 0 saturated heterocycles. The average Bonchev–Trinajstić information content (AvgIpc) is 3.69. The third-order valence-corrected chi connectivity index (χ3v) is 12.5. The van der Waals surface area contributed by atoms with Crippen LogP contribution in [0.5, 0.6) is 0 Å². The summed E-state index contributed by atoms with van der Waals surface area (Å²) in [4.78, 5) is 2.39. The first-order valence-corrected chi connectivity index (χ1v) is 21.3. The molecular formula is C60H40N2. The molecule has 0 amide bonds. The van der Waals surface area contributed by atoms with Crippen molar-refractivity contribution in [2.24, 2.45) is 0 Å². The van der Waals surface area contributed by atoms with Gasteiger partial charge in [-0.25, -0.2) is 0 Å². The zero-order valence-corrected chi connectivity index (χ0v) is 34.0. The number of nitrogens with zero attached hydrogens (tertiary/aromatic N) is 2. The summed E-state index contributed by atoms with van der Waals surface area (Å²) in [5.74, 6) is 0. The molecule has 0 spiro atoms. The molecule has 62 heavy (non-hydrogen) atoms. The summed E-state index contributed by atoms with van der Waals surface area (Å²) < 4.78 is 2.39. The third kappa shape index (κ3) is 6.12. The van der Waals surface area contributed by atoms with Crippen LogP contribution in [0.2, 0.25) is 0 Å². The van der Waals surface area contributed by atoms with Crippen LogP contribution in [-0.2, 0) is 0 Å². The number of anilines is 3. The molecule has 1 heterocycles. The number of para-hydroxylation sites is 2. The fourth-order valence-corrected chi connectivity index (χ4v) is 9.54. The molecule has 0 atom stereocenters. The normalized spacial score (nSPS) is 11.5. The van der Waals surface area contributed by atoms with Crippen molar-refractivity contribution in [3.63, 3.8) is 0 Å². The highest BCUT2D eigenvalue weighted by atomic mass is 15.1. The van der Waals surface area contributed by atoms with E-state index in [4.69, 9.17) is 0 Å². The number of hydrogen-bond acceptors (Lipinski definition) is 1. The Kier molecular flexibility index (Phi) is 8.53. The van der Waals surface area contributed by atoms with Gasteiger partial charge in [0.2, 0.25) is 0 Å². The summed E-state index contributed by atoms with van der Waals surface area (Å²) in [5, 5.41) is 10.1. The molecule has 0 aliphatic rings. The molecule has 0 radical (unpaired) electrons. The molecule has 0 unspecified atom stereocenters. The Balaban J connectivity index is 0.976. The highest BCUT2D eigenvalue weighted by molar-refractivity contribution is 6.16. The summed E-state index contributed by atoms with van der Waals surface area (Å²) in [6.07, 6.45) is 0. The largest absolute Gasteiger partial charge is 0.310 e. The van der Waals surface area contributed by atoms with E-state index in [1.807, 2.05) is 0 Å². The van der Waals surface area contributed by atoms with Crippen LogP contribution in [-0.4, -0.2) is 4.57 Å². The van der Waals surface area contributed by atoms with E-state index in [9.17, 15) is 0 Å². The topological polar surface area (TPSA) is 8.17 Å². The number of hydrogen-bond donors (Lipinski definition) is 0. The van der Waals surface area contributed by atoms with Crippen LogP contribution in [0.4, 0.5) is 17.1 Å². The molecule has 0 saturated carbocycles. The number of aromatic nitrogens is 1. The summed E-state index contributed by atoms with van der Waals surface area (Å²) >= 11 is 0. The van der Waals surface area contributed by atoms with E-state index in [2.05, 4.69) is 252 Å². The Morgan fingerprint density at radius 2 is 0.823 bits per heavy atom. The van der Waals surface area contributed by atoms with E-state index < -0.39 is 0 Å². The maximum Gasteiger partial charge on any atom is 0.0547 e. The second kappa shape index (κ2) is 14.8. The smallest absolute Gasteiger partial charge is 0.0547 e. The maximum absolute atomic E-state index is 2.39. The lowest BCUT2D eigenvalue weighted by atomic mass is 9.97. The Morgan fingerprint density at radius 1 is 0.274 bits per heavy atom. The monoisotopic (exact) mass is 788 g/mol. The van der Waals surface area contributed by atoms with Crippen molar-refractivity contribution in [1.29, 1.82) is 0 Å². The van der Waals surface area contributed by atoms with Crippen molar-refractivity contribution in [1.82, 2.24) is 4.57 Å². The highest BCUT2D eigenvalue weighted by Crippen LogP contribution is 2.42. The Labute approximate surface area is 360 Å². The molecule has 11 aromatic carbocycles. The van der Waals surface area contributed by atoms with Gasteiger partial charge < -0.3 is 9.47 Å². The van der Waals surface area contributed by atoms with Gasteiger partial charge in [-0.1, -0.05) is 170 Å². The van der Waals surface area contributed by atoms with Gasteiger partial charge >= 0.3 is 0 Å². The SMILES string of the molecule is c1ccc(-n2c3ccccc3c3c(-c4cccc(N(c5ccc(-c6ccc7ccccc7c6)cc5)c5ccc(-c6ccc7c(ccc8ccccc87)c6)cc5)c4)cccc32)cc1. The van der Waals surface area contributed by atoms with Crippen LogP contribution in [0, 0.1) is 0 Å². The Bertz CT molecular complexity index is 3620. The van der Waals surface area contributed by atoms with Gasteiger partial charge in [0.1, 0.15) is 0 Å². The summed E-state index contributed by atoms with van der Waals surface area (Å²) in [6.45, 7) is 0. The van der Waals surface area contributed by atoms with Crippen molar-refractivity contribution < 1.29 is 0 Å². The van der Waals surface area contributed by atoms with E-state index in [-0.39, 0.29) is 0 Å². The lowest BCUT2D eigenvalue weighted by molar-refractivity contribution is 1.18. The van der Waals surface area contributed by atoms with Crippen molar-refractivity contribution in [2.75, 3.05) is 4.90 Å². The molecule has 0 bridgehead atoms. The molecule has 290 valence electrons. The van der Waals surface area contributed by atoms with Gasteiger partial charge in [0.05, 0.1) is 11.0 Å². The lowest BCUT2D eigenvalue weighted by Gasteiger charge is -2.26. The predicted octanol–water partition coefficient (Wildman–Crippen LogP) is 16.7. The van der Waals surface area contributed by atoms with Gasteiger partial charge in [-0.2, -0.15) is 0 Å². The van der Waals surface area contributed by atoms with Crippen molar-refractivity contribution in [2.45, 2.75) is 0 Å². The zero-order chi connectivity index (χ0) is 41.0. The van der Waals surface area contributed by atoms with E-state index in [0.29, 0.717) is 0 Å². The molecule has 2 heteroatoms. The average molecular weight is 789 g/mol. The first-order chi connectivity index (χ1) is 30.7. The standard InChI is InChI=1S/C60H40N2/c1-2-16-50(17-3-1)62-58-22-9-8-20-57(58)60-56(21-11-23-59(60)62)48-15-10-18-53(40-48)61(51-33-28-42(29-34-51)46-26-24-41-12-4-5-14-45(41)38-46)52-35-30-43(31-36-52)47-32-37-55-49(39-47)27-25-44-13-6-7-19-54(44)55/h1-40H. The van der Waals surface area contributed by atoms with E-state index in [1.54, 1.807) is 0 Å². The second-order valence-electron chi connectivity index (χ2n) is 16.2. The lowest BCUT2D eigenvalue weighted by Crippen LogP contribution is -2.10. The maximum atomic E-state index is 2.39. The minimum atomic E-state index is 1.09. The fraction of sp³-hybridized carbons (Fsp3) is 0. The first-order valence-electron chi connectivity index (χ1n) is 21.3. The quantitative estimate of drug-likeness (QED) is 0.146. The Hall–Kier alpha value is -8.20. The van der Waals surface area contributed by atoms with Crippen LogP contribution in [0.1, 0.15) is 0 Å². The van der Waals surface area contributed by atoms with E-state index >= 15 is 0 Å². The molecule has 1 aromatic heterocycles. The van der Waals surface area contributed by atoms with Crippen LogP contribution in [0.25, 0.3) is 93.2 Å². The zero-order valence-electron chi connectivity index (χ0n) is 34.0. The molecule has 0 N–H and O–H groups in total. The summed E-state index contributed by atoms with van der Waals surface area (Å²) in [7, 11) is 0. The second-order valence-corrected chi connectivity index (χ2v) is 16.2. The summed E-state index contributed by atoms with van der Waals surface area (Å²) in [5.41, 5.74) is 14.0. The highest BCUT2D eigenvalue weighted by Gasteiger charge is 2.19. The molecule has 12 rings (SSSR count). The van der Waals surface area contributed by atoms with Gasteiger partial charge in [0.25, 0.3) is 0 Å². The van der Waals surface area contributed by atoms with Gasteiger partial charge in [-0.05, 0) is 138 Å². The number of benzene rings is 11. The summed E-state index contributed by atoms with van der Waals surface area (Å²) in [6, 6.07) is 88.5. The van der Waals surface area contributed by atoms with Gasteiger partial charge in [-0.3, -0.25) is 0 Å². The molecule has 0 aliphatic carbocycles. The Morgan fingerprint density at radius 3 is 1.60 bits per heavy atom. The molecule has 0 aliphatic heterocycles. The van der Waals surface area contributed by atoms with Crippen LogP contribution in [0.3, 0.4) is 0 Å². The van der Waals surface area contributed by atoms with Crippen molar-refractivity contribution >= 4 is 71.2 Å². The predicted molar refractivity (Wildman–Crippen MR) is 264 cm³/mol. The van der Waals surface area contributed by atoms with E-state index in [0.717, 1.165) is 22.7 Å². The van der Waals surface area contributed by atoms with Crippen LogP contribution >= 0.6 is 0 Å². The van der Waals surface area contributed by atoms with Crippen LogP contribution < -0.4 is 4.90 Å². The molecular weight excluding hydrogens is 749 g/mol. The molecule has 2 nitrogen and oxygen atoms in total. The van der Waals surface area contributed by atoms with Gasteiger partial charge in [-0.15, -0.1) is 0 Å². The van der Waals surface area contributed by atoms with E-state index in [1.165, 1.54) is 87.5 Å². The van der Waals surface area contributed by atoms with Crippen LogP contribution in [0.15, 0.2) is 243 Å². The third-order valence-electron chi connectivity index (χ3n) is 12.5. The fourth-order valence-electron chi connectivity index (χ4n) is 9.54. The minimum Gasteiger partial charge on any atom is -0.310 e. The first kappa shape index (κ1) is 35.7. The minimum absolute atomic E-state index is 1.09. The molecule has 12 aromatic rings. The van der Waals surface area contributed by atoms with Crippen molar-refractivity contribution in [3.05, 3.63) is 243 Å². The van der Waals surface area contributed by atoms with Crippen molar-refractivity contribution in [3.8, 4) is 39.1 Å². The molecule has 0 fully saturated rings. The number of rotatable bonds is 7. The van der Waals surface area contributed by atoms with Gasteiger partial charge in [0.15, 0.2) is 0 Å².